The van der Waals surface area contributed by atoms with E-state index in [0.717, 1.165) is 29.8 Å². The van der Waals surface area contributed by atoms with Crippen LogP contribution in [0.4, 0.5) is 0 Å². The lowest BCUT2D eigenvalue weighted by Crippen LogP contribution is -2.31. The van der Waals surface area contributed by atoms with Gasteiger partial charge in [0.15, 0.2) is 0 Å². The molecule has 20 heavy (non-hydrogen) atoms. The molecule has 0 bridgehead atoms. The van der Waals surface area contributed by atoms with Crippen molar-refractivity contribution in [3.05, 3.63) is 30.1 Å². The molecule has 0 aliphatic rings. The van der Waals surface area contributed by atoms with Crippen LogP contribution in [0.1, 0.15) is 32.5 Å². The number of amides is 1. The molecule has 0 aliphatic carbocycles. The van der Waals surface area contributed by atoms with Gasteiger partial charge in [-0.2, -0.15) is 0 Å². The third kappa shape index (κ3) is 3.36. The standard InChI is InChI=1S/C15H22N4O/c1-3-8-19-13-7-5-4-6-12(13)18-15(19)10-17-11(2)9-14(16)20/h4-7,11,17H,3,8-10H2,1-2H3,(H2,16,20). The zero-order valence-corrected chi connectivity index (χ0v) is 12.1. The summed E-state index contributed by atoms with van der Waals surface area (Å²) in [4.78, 5) is 15.6. The maximum absolute atomic E-state index is 10.9. The molecule has 5 heteroatoms. The number of aryl methyl sites for hydroxylation is 1. The van der Waals surface area contributed by atoms with Gasteiger partial charge in [0.05, 0.1) is 17.6 Å². The second-order valence-electron chi connectivity index (χ2n) is 5.12. The van der Waals surface area contributed by atoms with E-state index in [1.807, 2.05) is 25.1 Å². The molecule has 1 heterocycles. The zero-order valence-electron chi connectivity index (χ0n) is 12.1. The van der Waals surface area contributed by atoms with Crippen LogP contribution in [-0.4, -0.2) is 21.5 Å². The van der Waals surface area contributed by atoms with Gasteiger partial charge in [-0.1, -0.05) is 19.1 Å². The molecule has 0 aliphatic heterocycles. The van der Waals surface area contributed by atoms with Gasteiger partial charge in [-0.05, 0) is 25.5 Å². The fraction of sp³-hybridized carbons (Fsp3) is 0.467. The third-order valence-electron chi connectivity index (χ3n) is 3.30. The highest BCUT2D eigenvalue weighted by atomic mass is 16.1. The summed E-state index contributed by atoms with van der Waals surface area (Å²) in [6, 6.07) is 8.20. The summed E-state index contributed by atoms with van der Waals surface area (Å²) in [5.41, 5.74) is 7.38. The summed E-state index contributed by atoms with van der Waals surface area (Å²) in [7, 11) is 0. The van der Waals surface area contributed by atoms with Crippen LogP contribution in [-0.2, 0) is 17.9 Å². The van der Waals surface area contributed by atoms with E-state index in [2.05, 4.69) is 27.9 Å². The van der Waals surface area contributed by atoms with Gasteiger partial charge in [0.2, 0.25) is 5.91 Å². The summed E-state index contributed by atoms with van der Waals surface area (Å²) in [5, 5.41) is 3.31. The predicted octanol–water partition coefficient (Wildman–Crippen LogP) is 1.80. The Morgan fingerprint density at radius 2 is 2.20 bits per heavy atom. The SMILES string of the molecule is CCCn1c(CNC(C)CC(N)=O)nc2ccccc21. The third-order valence-corrected chi connectivity index (χ3v) is 3.30. The smallest absolute Gasteiger partial charge is 0.218 e. The van der Waals surface area contributed by atoms with Gasteiger partial charge in [-0.25, -0.2) is 4.98 Å². The number of aromatic nitrogens is 2. The average molecular weight is 274 g/mol. The molecule has 1 amide bonds. The molecule has 1 aromatic carbocycles. The van der Waals surface area contributed by atoms with E-state index < -0.39 is 0 Å². The van der Waals surface area contributed by atoms with Crippen molar-refractivity contribution in [3.8, 4) is 0 Å². The van der Waals surface area contributed by atoms with Crippen molar-refractivity contribution < 1.29 is 4.79 Å². The van der Waals surface area contributed by atoms with E-state index in [0.29, 0.717) is 13.0 Å². The van der Waals surface area contributed by atoms with Crippen LogP contribution in [0.5, 0.6) is 0 Å². The van der Waals surface area contributed by atoms with Gasteiger partial charge in [-0.15, -0.1) is 0 Å². The van der Waals surface area contributed by atoms with E-state index in [-0.39, 0.29) is 11.9 Å². The molecule has 0 fully saturated rings. The maximum Gasteiger partial charge on any atom is 0.218 e. The second-order valence-corrected chi connectivity index (χ2v) is 5.12. The van der Waals surface area contributed by atoms with Gasteiger partial charge in [0, 0.05) is 19.0 Å². The Morgan fingerprint density at radius 3 is 2.90 bits per heavy atom. The summed E-state index contributed by atoms with van der Waals surface area (Å²) >= 11 is 0. The minimum absolute atomic E-state index is 0.0578. The lowest BCUT2D eigenvalue weighted by molar-refractivity contribution is -0.118. The predicted molar refractivity (Wildman–Crippen MR) is 80.1 cm³/mol. The molecule has 0 radical (unpaired) electrons. The van der Waals surface area contributed by atoms with E-state index in [1.165, 1.54) is 0 Å². The Kier molecular flexibility index (Phi) is 4.74. The van der Waals surface area contributed by atoms with Gasteiger partial charge < -0.3 is 15.6 Å². The van der Waals surface area contributed by atoms with Crippen LogP contribution in [0.15, 0.2) is 24.3 Å². The van der Waals surface area contributed by atoms with Crippen molar-refractivity contribution in [1.82, 2.24) is 14.9 Å². The topological polar surface area (TPSA) is 72.9 Å². The highest BCUT2D eigenvalue weighted by molar-refractivity contribution is 5.76. The minimum Gasteiger partial charge on any atom is -0.370 e. The fourth-order valence-electron chi connectivity index (χ4n) is 2.37. The average Bonchev–Trinajstić information content (AvgIpc) is 2.75. The first kappa shape index (κ1) is 14.5. The monoisotopic (exact) mass is 274 g/mol. The van der Waals surface area contributed by atoms with Crippen molar-refractivity contribution in [2.45, 2.75) is 45.8 Å². The van der Waals surface area contributed by atoms with E-state index >= 15 is 0 Å². The second kappa shape index (κ2) is 6.52. The molecule has 1 unspecified atom stereocenters. The molecule has 2 rings (SSSR count). The lowest BCUT2D eigenvalue weighted by atomic mass is 10.2. The van der Waals surface area contributed by atoms with Crippen LogP contribution < -0.4 is 11.1 Å². The number of hydrogen-bond acceptors (Lipinski definition) is 3. The molecule has 1 aromatic heterocycles. The number of hydrogen-bond donors (Lipinski definition) is 2. The number of benzene rings is 1. The molecule has 0 saturated heterocycles. The van der Waals surface area contributed by atoms with E-state index in [9.17, 15) is 4.79 Å². The summed E-state index contributed by atoms with van der Waals surface area (Å²) in [6.07, 6.45) is 1.40. The number of carbonyl (C=O) groups excluding carboxylic acids is 1. The number of imidazole rings is 1. The molecule has 0 saturated carbocycles. The molecular weight excluding hydrogens is 252 g/mol. The molecular formula is C15H22N4O. The maximum atomic E-state index is 10.9. The molecule has 0 spiro atoms. The van der Waals surface area contributed by atoms with Gasteiger partial charge >= 0.3 is 0 Å². The summed E-state index contributed by atoms with van der Waals surface area (Å²) in [5.74, 6) is 0.719. The highest BCUT2D eigenvalue weighted by Crippen LogP contribution is 2.16. The number of nitrogens with one attached hydrogen (secondary N) is 1. The Morgan fingerprint density at radius 1 is 1.45 bits per heavy atom. The highest BCUT2D eigenvalue weighted by Gasteiger charge is 2.11. The van der Waals surface area contributed by atoms with Crippen molar-refractivity contribution >= 4 is 16.9 Å². The number of nitrogens with two attached hydrogens (primary N) is 1. The Hall–Kier alpha value is -1.88. The first-order valence-corrected chi connectivity index (χ1v) is 7.07. The van der Waals surface area contributed by atoms with E-state index in [4.69, 9.17) is 5.73 Å². The van der Waals surface area contributed by atoms with Gasteiger partial charge in [0.1, 0.15) is 5.82 Å². The summed E-state index contributed by atoms with van der Waals surface area (Å²) < 4.78 is 2.24. The largest absolute Gasteiger partial charge is 0.370 e. The van der Waals surface area contributed by atoms with Crippen LogP contribution in [0.2, 0.25) is 0 Å². The number of fused-ring (bicyclic) bond motifs is 1. The van der Waals surface area contributed by atoms with E-state index in [1.54, 1.807) is 0 Å². The summed E-state index contributed by atoms with van der Waals surface area (Å²) in [6.45, 7) is 5.70. The Balaban J connectivity index is 2.16. The quantitative estimate of drug-likeness (QED) is 0.808. The normalized spacial score (nSPS) is 12.7. The number of nitrogens with zero attached hydrogens (tertiary/aromatic N) is 2. The van der Waals surface area contributed by atoms with Crippen molar-refractivity contribution in [3.63, 3.8) is 0 Å². The Bertz CT molecular complexity index is 591. The number of carbonyl (C=O) groups is 1. The van der Waals surface area contributed by atoms with Crippen molar-refractivity contribution in [1.29, 1.82) is 0 Å². The molecule has 5 nitrogen and oxygen atoms in total. The van der Waals surface area contributed by atoms with Gasteiger partial charge in [0.25, 0.3) is 0 Å². The molecule has 108 valence electrons. The van der Waals surface area contributed by atoms with Crippen LogP contribution in [0, 0.1) is 0 Å². The number of primary amides is 1. The first-order chi connectivity index (χ1) is 9.61. The Labute approximate surface area is 119 Å². The number of para-hydroxylation sites is 2. The van der Waals surface area contributed by atoms with Crippen molar-refractivity contribution in [2.24, 2.45) is 5.73 Å². The van der Waals surface area contributed by atoms with Crippen LogP contribution in [0.25, 0.3) is 11.0 Å². The molecule has 2 aromatic rings. The fourth-order valence-corrected chi connectivity index (χ4v) is 2.37. The van der Waals surface area contributed by atoms with Crippen LogP contribution in [0.3, 0.4) is 0 Å². The number of rotatable bonds is 7. The first-order valence-electron chi connectivity index (χ1n) is 7.07. The minimum atomic E-state index is -0.285. The lowest BCUT2D eigenvalue weighted by Gasteiger charge is -2.13. The van der Waals surface area contributed by atoms with Crippen molar-refractivity contribution in [2.75, 3.05) is 0 Å². The molecule has 1 atom stereocenters. The van der Waals surface area contributed by atoms with Gasteiger partial charge in [-0.3, -0.25) is 4.79 Å². The van der Waals surface area contributed by atoms with Crippen LogP contribution >= 0.6 is 0 Å². The molecule has 3 N–H and O–H groups in total. The zero-order chi connectivity index (χ0) is 14.5.